The van der Waals surface area contributed by atoms with Gasteiger partial charge < -0.3 is 9.64 Å². The number of hydrogen-bond acceptors (Lipinski definition) is 4. The number of ether oxygens (including phenoxy) is 1. The monoisotopic (exact) mass is 249 g/mol. The van der Waals surface area contributed by atoms with Crippen LogP contribution in [0.25, 0.3) is 0 Å². The lowest BCUT2D eigenvalue weighted by molar-refractivity contribution is -0.135. The Morgan fingerprint density at radius 3 is 3.17 bits per heavy atom. The number of nitrogens with zero attached hydrogens (tertiary/aromatic N) is 3. The van der Waals surface area contributed by atoms with Crippen LogP contribution in [0.5, 0.6) is 6.01 Å². The third-order valence-corrected chi connectivity index (χ3v) is 3.11. The molecule has 1 aliphatic rings. The van der Waals surface area contributed by atoms with Crippen LogP contribution in [-0.2, 0) is 4.79 Å². The van der Waals surface area contributed by atoms with Crippen molar-refractivity contribution in [2.24, 2.45) is 5.92 Å². The maximum absolute atomic E-state index is 11.9. The molecule has 0 aromatic carbocycles. The molecule has 5 nitrogen and oxygen atoms in total. The Bertz CT molecular complexity index is 422. The molecule has 0 radical (unpaired) electrons. The lowest BCUT2D eigenvalue weighted by atomic mass is 10.0. The van der Waals surface area contributed by atoms with Gasteiger partial charge in [0.05, 0.1) is 0 Å². The second-order valence-corrected chi connectivity index (χ2v) is 4.86. The maximum Gasteiger partial charge on any atom is 0.317 e. The topological polar surface area (TPSA) is 55.3 Å². The number of hydrogen-bond donors (Lipinski definition) is 0. The quantitative estimate of drug-likeness (QED) is 0.813. The molecule has 98 valence electrons. The van der Waals surface area contributed by atoms with E-state index < -0.39 is 0 Å². The molecule has 0 bridgehead atoms. The van der Waals surface area contributed by atoms with Gasteiger partial charge in [-0.15, -0.1) is 0 Å². The maximum atomic E-state index is 11.9. The Morgan fingerprint density at radius 1 is 1.61 bits per heavy atom. The van der Waals surface area contributed by atoms with E-state index in [0.29, 0.717) is 5.92 Å². The number of carbonyl (C=O) groups excluding carboxylic acids is 1. The Kier molecular flexibility index (Phi) is 4.12. The van der Waals surface area contributed by atoms with Gasteiger partial charge in [0, 0.05) is 25.0 Å². The Morgan fingerprint density at radius 2 is 2.44 bits per heavy atom. The molecule has 0 aliphatic carbocycles. The molecule has 18 heavy (non-hydrogen) atoms. The fourth-order valence-electron chi connectivity index (χ4n) is 2.13. The van der Waals surface area contributed by atoms with Crippen LogP contribution in [0.15, 0.2) is 12.3 Å². The van der Waals surface area contributed by atoms with Crippen molar-refractivity contribution in [1.29, 1.82) is 0 Å². The fourth-order valence-corrected chi connectivity index (χ4v) is 2.13. The van der Waals surface area contributed by atoms with E-state index in [0.717, 1.165) is 25.2 Å². The van der Waals surface area contributed by atoms with Crippen molar-refractivity contribution in [2.45, 2.75) is 26.7 Å². The summed E-state index contributed by atoms with van der Waals surface area (Å²) in [7, 11) is 0. The molecule has 0 spiro atoms. The van der Waals surface area contributed by atoms with Crippen LogP contribution in [-0.4, -0.2) is 40.5 Å². The molecule has 1 aromatic rings. The summed E-state index contributed by atoms with van der Waals surface area (Å²) in [6.45, 7) is 5.72. The summed E-state index contributed by atoms with van der Waals surface area (Å²) in [5, 5.41) is 0. The van der Waals surface area contributed by atoms with Crippen LogP contribution >= 0.6 is 0 Å². The minimum Gasteiger partial charge on any atom is -0.453 e. The summed E-state index contributed by atoms with van der Waals surface area (Å²) in [5.74, 6) is 0.601. The molecule has 1 aliphatic heterocycles. The molecule has 1 fully saturated rings. The molecule has 0 N–H and O–H groups in total. The van der Waals surface area contributed by atoms with Gasteiger partial charge in [-0.3, -0.25) is 4.79 Å². The van der Waals surface area contributed by atoms with E-state index in [-0.39, 0.29) is 18.5 Å². The van der Waals surface area contributed by atoms with E-state index in [1.165, 1.54) is 6.42 Å². The van der Waals surface area contributed by atoms with Gasteiger partial charge in [-0.1, -0.05) is 6.92 Å². The zero-order valence-corrected chi connectivity index (χ0v) is 10.9. The normalized spacial score (nSPS) is 19.7. The molecular weight excluding hydrogens is 230 g/mol. The number of likely N-dealkylation sites (tertiary alicyclic amines) is 1. The van der Waals surface area contributed by atoms with E-state index in [4.69, 9.17) is 4.74 Å². The zero-order valence-electron chi connectivity index (χ0n) is 10.9. The Labute approximate surface area is 107 Å². The second-order valence-electron chi connectivity index (χ2n) is 4.86. The van der Waals surface area contributed by atoms with Crippen molar-refractivity contribution in [1.82, 2.24) is 14.9 Å². The highest BCUT2D eigenvalue weighted by atomic mass is 16.5. The van der Waals surface area contributed by atoms with Crippen LogP contribution in [0.4, 0.5) is 0 Å². The SMILES string of the molecule is Cc1ccnc(OCC(=O)N2CCCC(C)C2)n1. The highest BCUT2D eigenvalue weighted by Crippen LogP contribution is 2.15. The first-order valence-electron chi connectivity index (χ1n) is 6.35. The van der Waals surface area contributed by atoms with Crippen molar-refractivity contribution < 1.29 is 9.53 Å². The molecule has 1 atom stereocenters. The van der Waals surface area contributed by atoms with Gasteiger partial charge in [-0.25, -0.2) is 9.97 Å². The number of carbonyl (C=O) groups is 1. The Balaban J connectivity index is 1.84. The second kappa shape index (κ2) is 5.80. The number of rotatable bonds is 3. The van der Waals surface area contributed by atoms with Gasteiger partial charge in [0.2, 0.25) is 0 Å². The first-order valence-corrected chi connectivity index (χ1v) is 6.35. The predicted molar refractivity (Wildman–Crippen MR) is 67.2 cm³/mol. The molecule has 2 rings (SSSR count). The van der Waals surface area contributed by atoms with Gasteiger partial charge in [-0.2, -0.15) is 0 Å². The lowest BCUT2D eigenvalue weighted by Gasteiger charge is -2.30. The molecule has 1 saturated heterocycles. The zero-order chi connectivity index (χ0) is 13.0. The third kappa shape index (κ3) is 3.42. The molecule has 1 unspecified atom stereocenters. The first-order chi connectivity index (χ1) is 8.65. The van der Waals surface area contributed by atoms with Crippen molar-refractivity contribution in [2.75, 3.05) is 19.7 Å². The molecule has 1 amide bonds. The van der Waals surface area contributed by atoms with Gasteiger partial charge in [-0.05, 0) is 31.7 Å². The lowest BCUT2D eigenvalue weighted by Crippen LogP contribution is -2.41. The number of piperidine rings is 1. The minimum atomic E-state index is 0.0201. The molecular formula is C13H19N3O2. The smallest absolute Gasteiger partial charge is 0.317 e. The Hall–Kier alpha value is -1.65. The molecule has 2 heterocycles. The summed E-state index contributed by atoms with van der Waals surface area (Å²) in [4.78, 5) is 21.9. The average molecular weight is 249 g/mol. The van der Waals surface area contributed by atoms with Gasteiger partial charge >= 0.3 is 6.01 Å². The number of aryl methyl sites for hydroxylation is 1. The summed E-state index contributed by atoms with van der Waals surface area (Å²) >= 11 is 0. The van der Waals surface area contributed by atoms with Crippen molar-refractivity contribution in [3.05, 3.63) is 18.0 Å². The first kappa shape index (κ1) is 12.8. The molecule has 5 heteroatoms. The van der Waals surface area contributed by atoms with E-state index in [9.17, 15) is 4.79 Å². The number of amides is 1. The highest BCUT2D eigenvalue weighted by Gasteiger charge is 2.21. The van der Waals surface area contributed by atoms with Crippen molar-refractivity contribution >= 4 is 5.91 Å². The minimum absolute atomic E-state index is 0.0201. The highest BCUT2D eigenvalue weighted by molar-refractivity contribution is 5.77. The van der Waals surface area contributed by atoms with Crippen LogP contribution in [0.1, 0.15) is 25.5 Å². The predicted octanol–water partition coefficient (Wildman–Crippen LogP) is 1.42. The fraction of sp³-hybridized carbons (Fsp3) is 0.615. The third-order valence-electron chi connectivity index (χ3n) is 3.11. The van der Waals surface area contributed by atoms with Crippen LogP contribution in [0.3, 0.4) is 0 Å². The van der Waals surface area contributed by atoms with E-state index in [2.05, 4.69) is 16.9 Å². The summed E-state index contributed by atoms with van der Waals surface area (Å²) in [6, 6.07) is 2.06. The molecule has 0 saturated carbocycles. The van der Waals surface area contributed by atoms with Gasteiger partial charge in [0.25, 0.3) is 5.91 Å². The van der Waals surface area contributed by atoms with Crippen molar-refractivity contribution in [3.8, 4) is 6.01 Å². The van der Waals surface area contributed by atoms with Gasteiger partial charge in [0.15, 0.2) is 6.61 Å². The average Bonchev–Trinajstić information content (AvgIpc) is 2.36. The summed E-state index contributed by atoms with van der Waals surface area (Å²) in [5.41, 5.74) is 0.832. The summed E-state index contributed by atoms with van der Waals surface area (Å²) < 4.78 is 5.32. The standard InChI is InChI=1S/C13H19N3O2/c1-10-4-3-7-16(8-10)12(17)9-18-13-14-6-5-11(2)15-13/h5-6,10H,3-4,7-9H2,1-2H3. The van der Waals surface area contributed by atoms with E-state index in [1.54, 1.807) is 12.3 Å². The van der Waals surface area contributed by atoms with E-state index in [1.807, 2.05) is 11.8 Å². The van der Waals surface area contributed by atoms with Crippen LogP contribution in [0.2, 0.25) is 0 Å². The largest absolute Gasteiger partial charge is 0.453 e. The van der Waals surface area contributed by atoms with Gasteiger partial charge in [0.1, 0.15) is 0 Å². The molecule has 1 aromatic heterocycles. The van der Waals surface area contributed by atoms with Crippen molar-refractivity contribution in [3.63, 3.8) is 0 Å². The number of aromatic nitrogens is 2. The van der Waals surface area contributed by atoms with Crippen LogP contribution < -0.4 is 4.74 Å². The van der Waals surface area contributed by atoms with Crippen LogP contribution in [0, 0.1) is 12.8 Å². The van der Waals surface area contributed by atoms with E-state index >= 15 is 0 Å². The summed E-state index contributed by atoms with van der Waals surface area (Å²) in [6.07, 6.45) is 3.91.